The largest absolute Gasteiger partial charge is 0.385 e. The Morgan fingerprint density at radius 1 is 1.05 bits per heavy atom. The summed E-state index contributed by atoms with van der Waals surface area (Å²) in [5.74, 6) is 0. The Bertz CT molecular complexity index is 346. The first-order chi connectivity index (χ1) is 10.3. The molecule has 4 heteroatoms. The van der Waals surface area contributed by atoms with Crippen molar-refractivity contribution in [2.75, 3.05) is 47.1 Å². The van der Waals surface area contributed by atoms with Crippen LogP contribution < -0.4 is 5.73 Å². The molecule has 0 amide bonds. The molecule has 0 bridgehead atoms. The van der Waals surface area contributed by atoms with Crippen LogP contribution in [0.15, 0.2) is 30.3 Å². The van der Waals surface area contributed by atoms with Gasteiger partial charge in [0.05, 0.1) is 6.61 Å². The number of nitrogens with zero attached hydrogens (tertiary/aromatic N) is 1. The average Bonchev–Trinajstić information content (AvgIpc) is 2.51. The molecule has 0 spiro atoms. The van der Waals surface area contributed by atoms with Gasteiger partial charge in [0.2, 0.25) is 0 Å². The average molecular weight is 294 g/mol. The van der Waals surface area contributed by atoms with Crippen molar-refractivity contribution in [3.8, 4) is 0 Å². The number of aryl methyl sites for hydroxylation is 1. The third-order valence-electron chi connectivity index (χ3n) is 3.57. The first-order valence-corrected chi connectivity index (χ1v) is 7.76. The Hall–Kier alpha value is -0.940. The highest BCUT2D eigenvalue weighted by Crippen LogP contribution is 2.05. The van der Waals surface area contributed by atoms with Gasteiger partial charge in [-0.15, -0.1) is 0 Å². The van der Waals surface area contributed by atoms with E-state index in [4.69, 9.17) is 15.2 Å². The van der Waals surface area contributed by atoms with Gasteiger partial charge in [-0.05, 0) is 24.8 Å². The molecular weight excluding hydrogens is 264 g/mol. The van der Waals surface area contributed by atoms with Crippen LogP contribution in [0.25, 0.3) is 0 Å². The van der Waals surface area contributed by atoms with E-state index in [1.807, 2.05) is 6.07 Å². The fraction of sp³-hybridized carbons (Fsp3) is 0.647. The Morgan fingerprint density at radius 3 is 2.43 bits per heavy atom. The standard InChI is InChI=1S/C17H30N2O2/c1-20-13-6-11-19(12-14-21-2)15-17(18)10-9-16-7-4-3-5-8-16/h3-5,7-8,17H,6,9-15,18H2,1-2H3. The second-order valence-electron chi connectivity index (χ2n) is 5.42. The van der Waals surface area contributed by atoms with Crippen molar-refractivity contribution in [2.24, 2.45) is 5.73 Å². The van der Waals surface area contributed by atoms with Crippen LogP contribution in [0, 0.1) is 0 Å². The summed E-state index contributed by atoms with van der Waals surface area (Å²) in [6.45, 7) is 4.40. The number of benzene rings is 1. The molecule has 0 saturated carbocycles. The zero-order valence-electron chi connectivity index (χ0n) is 13.5. The quantitative estimate of drug-likeness (QED) is 0.598. The summed E-state index contributed by atoms with van der Waals surface area (Å²) < 4.78 is 10.3. The molecule has 0 aliphatic rings. The van der Waals surface area contributed by atoms with Gasteiger partial charge in [0.25, 0.3) is 0 Å². The van der Waals surface area contributed by atoms with Crippen molar-refractivity contribution in [1.29, 1.82) is 0 Å². The van der Waals surface area contributed by atoms with Gasteiger partial charge in [-0.2, -0.15) is 0 Å². The molecule has 1 rings (SSSR count). The molecule has 0 heterocycles. The lowest BCUT2D eigenvalue weighted by Crippen LogP contribution is -2.40. The van der Waals surface area contributed by atoms with Gasteiger partial charge in [0.15, 0.2) is 0 Å². The fourth-order valence-electron chi connectivity index (χ4n) is 2.37. The number of methoxy groups -OCH3 is 2. The molecule has 1 unspecified atom stereocenters. The van der Waals surface area contributed by atoms with Crippen LogP contribution in [0.5, 0.6) is 0 Å². The molecule has 0 saturated heterocycles. The Kier molecular flexibility index (Phi) is 10.1. The zero-order chi connectivity index (χ0) is 15.3. The number of rotatable bonds is 12. The minimum atomic E-state index is 0.199. The van der Waals surface area contributed by atoms with Crippen LogP contribution >= 0.6 is 0 Å². The second-order valence-corrected chi connectivity index (χ2v) is 5.42. The molecular formula is C17H30N2O2. The summed E-state index contributed by atoms with van der Waals surface area (Å²) in [6, 6.07) is 10.7. The van der Waals surface area contributed by atoms with E-state index in [0.29, 0.717) is 0 Å². The summed E-state index contributed by atoms with van der Waals surface area (Å²) >= 11 is 0. The maximum absolute atomic E-state index is 6.28. The summed E-state index contributed by atoms with van der Waals surface area (Å²) in [5.41, 5.74) is 7.64. The maximum atomic E-state index is 6.28. The Balaban J connectivity index is 2.30. The zero-order valence-corrected chi connectivity index (χ0v) is 13.5. The van der Waals surface area contributed by atoms with Crippen molar-refractivity contribution in [1.82, 2.24) is 4.90 Å². The number of ether oxygens (including phenoxy) is 2. The molecule has 2 N–H and O–H groups in total. The van der Waals surface area contributed by atoms with Gasteiger partial charge in [0, 0.05) is 46.5 Å². The smallest absolute Gasteiger partial charge is 0.0589 e. The van der Waals surface area contributed by atoms with Crippen molar-refractivity contribution in [3.05, 3.63) is 35.9 Å². The van der Waals surface area contributed by atoms with E-state index < -0.39 is 0 Å². The molecule has 0 aromatic heterocycles. The predicted octanol–water partition coefficient (Wildman–Crippen LogP) is 1.93. The number of hydrogen-bond acceptors (Lipinski definition) is 4. The molecule has 120 valence electrons. The van der Waals surface area contributed by atoms with Crippen LogP contribution in [-0.4, -0.2) is 58.0 Å². The van der Waals surface area contributed by atoms with E-state index in [2.05, 4.69) is 29.2 Å². The van der Waals surface area contributed by atoms with Crippen LogP contribution in [0.2, 0.25) is 0 Å². The van der Waals surface area contributed by atoms with Crippen LogP contribution in [0.4, 0.5) is 0 Å². The third-order valence-corrected chi connectivity index (χ3v) is 3.57. The molecule has 1 aromatic rings. The highest BCUT2D eigenvalue weighted by molar-refractivity contribution is 5.14. The minimum Gasteiger partial charge on any atom is -0.385 e. The monoisotopic (exact) mass is 294 g/mol. The first kappa shape index (κ1) is 18.1. The lowest BCUT2D eigenvalue weighted by atomic mass is 10.1. The van der Waals surface area contributed by atoms with Crippen molar-refractivity contribution in [3.63, 3.8) is 0 Å². The first-order valence-electron chi connectivity index (χ1n) is 7.76. The molecule has 0 fully saturated rings. The molecule has 0 aliphatic carbocycles. The highest BCUT2D eigenvalue weighted by atomic mass is 16.5. The summed E-state index contributed by atoms with van der Waals surface area (Å²) in [6.07, 6.45) is 3.08. The van der Waals surface area contributed by atoms with Crippen molar-refractivity contribution < 1.29 is 9.47 Å². The topological polar surface area (TPSA) is 47.7 Å². The predicted molar refractivity (Wildman–Crippen MR) is 87.5 cm³/mol. The lowest BCUT2D eigenvalue weighted by molar-refractivity contribution is 0.128. The normalized spacial score (nSPS) is 12.8. The van der Waals surface area contributed by atoms with Crippen molar-refractivity contribution >= 4 is 0 Å². The Labute approximate surface area is 129 Å². The van der Waals surface area contributed by atoms with Gasteiger partial charge < -0.3 is 15.2 Å². The van der Waals surface area contributed by atoms with Crippen molar-refractivity contribution in [2.45, 2.75) is 25.3 Å². The van der Waals surface area contributed by atoms with Gasteiger partial charge in [-0.25, -0.2) is 0 Å². The van der Waals surface area contributed by atoms with E-state index in [1.54, 1.807) is 14.2 Å². The Morgan fingerprint density at radius 2 is 1.76 bits per heavy atom. The van der Waals surface area contributed by atoms with Gasteiger partial charge in [-0.1, -0.05) is 30.3 Å². The molecule has 1 atom stereocenters. The third kappa shape index (κ3) is 8.83. The summed E-state index contributed by atoms with van der Waals surface area (Å²) in [4.78, 5) is 2.37. The molecule has 0 radical (unpaired) electrons. The van der Waals surface area contributed by atoms with E-state index in [9.17, 15) is 0 Å². The minimum absolute atomic E-state index is 0.199. The van der Waals surface area contributed by atoms with Crippen LogP contribution in [0.1, 0.15) is 18.4 Å². The number of nitrogens with two attached hydrogens (primary N) is 1. The highest BCUT2D eigenvalue weighted by Gasteiger charge is 2.10. The maximum Gasteiger partial charge on any atom is 0.0589 e. The second kappa shape index (κ2) is 11.7. The SMILES string of the molecule is COCCCN(CCOC)CC(N)CCc1ccccc1. The number of hydrogen-bond donors (Lipinski definition) is 1. The molecule has 1 aromatic carbocycles. The summed E-state index contributed by atoms with van der Waals surface area (Å²) in [5, 5.41) is 0. The van der Waals surface area contributed by atoms with Gasteiger partial charge in [-0.3, -0.25) is 4.90 Å². The molecule has 0 aliphatic heterocycles. The van der Waals surface area contributed by atoms with E-state index >= 15 is 0 Å². The lowest BCUT2D eigenvalue weighted by Gasteiger charge is -2.25. The molecule has 21 heavy (non-hydrogen) atoms. The van der Waals surface area contributed by atoms with Gasteiger partial charge in [0.1, 0.15) is 0 Å². The van der Waals surface area contributed by atoms with E-state index in [-0.39, 0.29) is 6.04 Å². The van der Waals surface area contributed by atoms with Crippen LogP contribution in [-0.2, 0) is 15.9 Å². The molecule has 4 nitrogen and oxygen atoms in total. The fourth-order valence-corrected chi connectivity index (χ4v) is 2.37. The van der Waals surface area contributed by atoms with E-state index in [1.165, 1.54) is 5.56 Å². The van der Waals surface area contributed by atoms with Crippen LogP contribution in [0.3, 0.4) is 0 Å². The summed E-state index contributed by atoms with van der Waals surface area (Å²) in [7, 11) is 3.48. The van der Waals surface area contributed by atoms with Gasteiger partial charge >= 0.3 is 0 Å². The van der Waals surface area contributed by atoms with E-state index in [0.717, 1.165) is 52.1 Å².